The van der Waals surface area contributed by atoms with Crippen LogP contribution < -0.4 is 0 Å². The van der Waals surface area contributed by atoms with Crippen LogP contribution in [0.4, 0.5) is 0 Å². The molecule has 2 aliphatic heterocycles. The van der Waals surface area contributed by atoms with E-state index in [4.69, 9.17) is 0 Å². The number of rotatable bonds is 0. The van der Waals surface area contributed by atoms with Gasteiger partial charge in [-0.1, -0.05) is 0 Å². The van der Waals surface area contributed by atoms with E-state index in [0.29, 0.717) is 0 Å². The van der Waals surface area contributed by atoms with Gasteiger partial charge >= 0.3 is 0 Å². The molecule has 1 radical (unpaired) electrons. The molecule has 8 bridgehead atoms. The molecule has 3 aromatic heterocycles. The van der Waals surface area contributed by atoms with Crippen LogP contribution in [0.5, 0.6) is 0 Å². The summed E-state index contributed by atoms with van der Waals surface area (Å²) < 4.78 is 0. The number of hydrogen-bond donors (Lipinski definition) is 2. The van der Waals surface area contributed by atoms with E-state index < -0.39 is 0 Å². The minimum absolute atomic E-state index is 0. The van der Waals surface area contributed by atoms with Gasteiger partial charge in [0.1, 0.15) is 0 Å². The van der Waals surface area contributed by atoms with Crippen LogP contribution in [-0.2, 0) is 16.8 Å². The standard InChI is InChI=1S/C20H14N4.C6H5.Co.4H2O/c1-2-14-10-16-5-6-18(23-16)12-20-8-7-19(24-20)11-17-4-3-15(22-17)9-13(1)21-14;1-2-4-6-5-3-1;;;;;/h1-12,21-22H;1-5H;;4*1H2/q;-1;;;;;. The van der Waals surface area contributed by atoms with Gasteiger partial charge in [0.05, 0.1) is 22.8 Å². The van der Waals surface area contributed by atoms with Crippen molar-refractivity contribution in [3.63, 3.8) is 0 Å². The summed E-state index contributed by atoms with van der Waals surface area (Å²) in [7, 11) is 0. The number of hydrogen-bond acceptors (Lipinski definition) is 2. The molecule has 6 rings (SSSR count). The molecule has 9 heteroatoms. The number of nitrogens with zero attached hydrogens (tertiary/aromatic N) is 2. The fourth-order valence-corrected chi connectivity index (χ4v) is 3.29. The third kappa shape index (κ3) is 8.16. The van der Waals surface area contributed by atoms with E-state index in [1.54, 1.807) is 0 Å². The zero-order valence-electron chi connectivity index (χ0n) is 18.5. The van der Waals surface area contributed by atoms with Crippen molar-refractivity contribution < 1.29 is 38.7 Å². The van der Waals surface area contributed by atoms with Gasteiger partial charge in [0.25, 0.3) is 0 Å². The van der Waals surface area contributed by atoms with Crippen molar-refractivity contribution >= 4 is 46.4 Å². The molecule has 185 valence electrons. The first-order valence-corrected chi connectivity index (χ1v) is 9.76. The summed E-state index contributed by atoms with van der Waals surface area (Å²) in [5, 5.41) is 0. The molecule has 0 fully saturated rings. The van der Waals surface area contributed by atoms with E-state index in [1.807, 2.05) is 72.8 Å². The molecule has 0 unspecified atom stereocenters. The van der Waals surface area contributed by atoms with Crippen LogP contribution in [0.2, 0.25) is 0 Å². The van der Waals surface area contributed by atoms with Crippen LogP contribution in [-0.4, -0.2) is 41.8 Å². The number of aromatic amines is 2. The van der Waals surface area contributed by atoms with Crippen LogP contribution in [0.1, 0.15) is 22.8 Å². The zero-order chi connectivity index (χ0) is 20.2. The second-order valence-corrected chi connectivity index (χ2v) is 6.98. The Morgan fingerprint density at radius 1 is 0.486 bits per heavy atom. The maximum absolute atomic E-state index is 4.62. The average Bonchev–Trinajstić information content (AvgIpc) is 3.56. The molecule has 2 aliphatic rings. The Hall–Kier alpha value is -3.83. The summed E-state index contributed by atoms with van der Waals surface area (Å²) in [4.78, 5) is 16.0. The van der Waals surface area contributed by atoms with Gasteiger partial charge in [0.15, 0.2) is 0 Å². The van der Waals surface area contributed by atoms with Gasteiger partial charge in [0, 0.05) is 38.8 Å². The van der Waals surface area contributed by atoms with Gasteiger partial charge in [0.2, 0.25) is 0 Å². The van der Waals surface area contributed by atoms with Gasteiger partial charge in [-0.15, -0.1) is 0 Å². The summed E-state index contributed by atoms with van der Waals surface area (Å²) in [6, 6.07) is 28.9. The SMILES string of the molecule is C1=Cc2cc3ccc(cc4ccc(cc5nc(cc1n2)C=C5)[nH]4)[nH]3.O.O.O.O.[Co].[c-]1ccccc1. The number of fused-ring (bicyclic) bond motifs is 8. The van der Waals surface area contributed by atoms with E-state index in [9.17, 15) is 0 Å². The Labute approximate surface area is 212 Å². The number of nitrogens with one attached hydrogen (secondary N) is 2. The minimum Gasteiger partial charge on any atom is -0.412 e. The van der Waals surface area contributed by atoms with E-state index >= 15 is 0 Å². The van der Waals surface area contributed by atoms with Gasteiger partial charge in [-0.05, 0) is 72.8 Å². The van der Waals surface area contributed by atoms with Gasteiger partial charge in [-0.2, -0.15) is 36.4 Å². The molecular weight excluding hydrogens is 491 g/mol. The molecule has 8 nitrogen and oxygen atoms in total. The maximum atomic E-state index is 4.62. The van der Waals surface area contributed by atoms with Crippen molar-refractivity contribution in [1.29, 1.82) is 0 Å². The van der Waals surface area contributed by atoms with Crippen molar-refractivity contribution in [2.24, 2.45) is 0 Å². The third-order valence-corrected chi connectivity index (χ3v) is 4.65. The predicted molar refractivity (Wildman–Crippen MR) is 139 cm³/mol. The molecule has 4 aromatic rings. The van der Waals surface area contributed by atoms with E-state index in [1.165, 1.54) is 0 Å². The molecule has 0 amide bonds. The summed E-state index contributed by atoms with van der Waals surface area (Å²) in [5.74, 6) is 0. The quantitative estimate of drug-likeness (QED) is 0.293. The molecule has 0 spiro atoms. The second-order valence-electron chi connectivity index (χ2n) is 6.98. The average molecular weight is 518 g/mol. The van der Waals surface area contributed by atoms with Crippen LogP contribution >= 0.6 is 0 Å². The van der Waals surface area contributed by atoms with E-state index in [-0.39, 0.29) is 38.7 Å². The summed E-state index contributed by atoms with van der Waals surface area (Å²) >= 11 is 0. The van der Waals surface area contributed by atoms with E-state index in [0.717, 1.165) is 44.8 Å². The van der Waals surface area contributed by atoms with Gasteiger partial charge in [-0.25, -0.2) is 9.97 Å². The minimum atomic E-state index is 0. The van der Waals surface area contributed by atoms with Crippen molar-refractivity contribution in [3.05, 3.63) is 108 Å². The Morgan fingerprint density at radius 2 is 0.857 bits per heavy atom. The molecule has 5 heterocycles. The fraction of sp³-hybridized carbons (Fsp3) is 0. The molecule has 0 aliphatic carbocycles. The Morgan fingerprint density at radius 3 is 1.20 bits per heavy atom. The topological polar surface area (TPSA) is 183 Å². The maximum Gasteiger partial charge on any atom is 0.0659 e. The number of aromatic nitrogens is 4. The molecule has 0 saturated carbocycles. The Bertz CT molecular complexity index is 1300. The van der Waals surface area contributed by atoms with Crippen LogP contribution in [0, 0.1) is 6.07 Å². The van der Waals surface area contributed by atoms with Gasteiger partial charge < -0.3 is 31.9 Å². The smallest absolute Gasteiger partial charge is 0.0659 e. The van der Waals surface area contributed by atoms with Crippen molar-refractivity contribution in [2.75, 3.05) is 0 Å². The number of H-pyrrole nitrogens is 2. The monoisotopic (exact) mass is 518 g/mol. The first kappa shape index (κ1) is 31.2. The molecule has 0 atom stereocenters. The predicted octanol–water partition coefficient (Wildman–Crippen LogP) is 2.84. The van der Waals surface area contributed by atoms with Crippen LogP contribution in [0.3, 0.4) is 0 Å². The summed E-state index contributed by atoms with van der Waals surface area (Å²) in [6.45, 7) is 0. The van der Waals surface area contributed by atoms with Crippen LogP contribution in [0.25, 0.3) is 46.4 Å². The van der Waals surface area contributed by atoms with Crippen molar-refractivity contribution in [2.45, 2.75) is 0 Å². The van der Waals surface area contributed by atoms with Crippen molar-refractivity contribution in [3.8, 4) is 0 Å². The van der Waals surface area contributed by atoms with E-state index in [2.05, 4.69) is 56.3 Å². The normalized spacial score (nSPS) is 10.1. The van der Waals surface area contributed by atoms with Gasteiger partial charge in [-0.3, -0.25) is 0 Å². The Balaban J connectivity index is 0.000000936. The molecular formula is C26H27CoN4O4-. The first-order chi connectivity index (χ1) is 14.8. The molecule has 0 saturated heterocycles. The summed E-state index contributed by atoms with van der Waals surface area (Å²) in [5.41, 5.74) is 7.86. The first-order valence-electron chi connectivity index (χ1n) is 9.76. The molecule has 35 heavy (non-hydrogen) atoms. The Kier molecular flexibility index (Phi) is 12.9. The second kappa shape index (κ2) is 14.4. The zero-order valence-corrected chi connectivity index (χ0v) is 19.6. The molecule has 1 aromatic carbocycles. The van der Waals surface area contributed by atoms with Crippen molar-refractivity contribution in [1.82, 2.24) is 19.9 Å². The number of benzene rings is 1. The van der Waals surface area contributed by atoms with Crippen LogP contribution in [0.15, 0.2) is 78.9 Å². The fourth-order valence-electron chi connectivity index (χ4n) is 3.29. The molecule has 10 N–H and O–H groups in total. The summed E-state index contributed by atoms with van der Waals surface area (Å²) in [6.07, 6.45) is 8.05. The largest absolute Gasteiger partial charge is 0.412 e. The third-order valence-electron chi connectivity index (χ3n) is 4.65.